The molecule has 0 saturated heterocycles. The zero-order chi connectivity index (χ0) is 12.8. The third kappa shape index (κ3) is 3.70. The Morgan fingerprint density at radius 3 is 2.65 bits per heavy atom. The first-order valence-electron chi connectivity index (χ1n) is 5.70. The minimum Gasteiger partial charge on any atom is -0.366 e. The van der Waals surface area contributed by atoms with Gasteiger partial charge in [-0.25, -0.2) is 0 Å². The second-order valence-corrected chi connectivity index (χ2v) is 4.50. The lowest BCUT2D eigenvalue weighted by Gasteiger charge is -2.18. The zero-order valence-electron chi connectivity index (χ0n) is 10.0. The summed E-state index contributed by atoms with van der Waals surface area (Å²) < 4.78 is 5.57. The van der Waals surface area contributed by atoms with Crippen molar-refractivity contribution in [2.24, 2.45) is 0 Å². The Bertz CT molecular complexity index is 391. The van der Waals surface area contributed by atoms with E-state index in [2.05, 4.69) is 0 Å². The van der Waals surface area contributed by atoms with E-state index in [1.54, 1.807) is 18.2 Å². The normalized spacial score (nSPS) is 12.5. The molecule has 94 valence electrons. The van der Waals surface area contributed by atoms with E-state index in [-0.39, 0.29) is 5.78 Å². The van der Waals surface area contributed by atoms with Gasteiger partial charge in [0.25, 0.3) is 0 Å². The predicted molar refractivity (Wildman–Crippen MR) is 70.7 cm³/mol. The molecule has 0 aliphatic rings. The lowest BCUT2D eigenvalue weighted by Crippen LogP contribution is -2.16. The fourth-order valence-electron chi connectivity index (χ4n) is 1.50. The molecule has 1 rings (SSSR count). The van der Waals surface area contributed by atoms with Crippen LogP contribution in [0.2, 0.25) is 10.0 Å². The Kier molecular flexibility index (Phi) is 5.96. The first kappa shape index (κ1) is 14.5. The highest BCUT2D eigenvalue weighted by Gasteiger charge is 2.22. The molecule has 17 heavy (non-hydrogen) atoms. The van der Waals surface area contributed by atoms with Crippen molar-refractivity contribution in [3.63, 3.8) is 0 Å². The average Bonchev–Trinajstić information content (AvgIpc) is 2.34. The van der Waals surface area contributed by atoms with E-state index in [0.717, 1.165) is 6.42 Å². The number of Topliss-reactive ketones (excluding diaryl/α,β-unsaturated/α-hetero) is 1. The lowest BCUT2D eigenvalue weighted by atomic mass is 10.0. The number of hydrogen-bond donors (Lipinski definition) is 0. The van der Waals surface area contributed by atoms with Crippen molar-refractivity contribution in [3.05, 3.63) is 33.8 Å². The largest absolute Gasteiger partial charge is 0.366 e. The summed E-state index contributed by atoms with van der Waals surface area (Å²) in [5.41, 5.74) is 0.652. The van der Waals surface area contributed by atoms with Gasteiger partial charge in [0.2, 0.25) is 0 Å². The molecule has 2 nitrogen and oxygen atoms in total. The third-order valence-corrected chi connectivity index (χ3v) is 3.23. The van der Waals surface area contributed by atoms with Crippen molar-refractivity contribution in [1.82, 2.24) is 0 Å². The van der Waals surface area contributed by atoms with Crippen LogP contribution in [-0.2, 0) is 9.53 Å². The standard InChI is InChI=1S/C13H16Cl2O2/c1-3-8-17-13(11(16)4-2)9-6-5-7-10(14)12(9)15/h5-7,13H,3-4,8H2,1-2H3. The number of ketones is 1. The second-order valence-electron chi connectivity index (χ2n) is 3.71. The minimum absolute atomic E-state index is 0.0163. The summed E-state index contributed by atoms with van der Waals surface area (Å²) >= 11 is 12.0. The predicted octanol–water partition coefficient (Wildman–Crippen LogP) is 4.44. The number of carbonyl (C=O) groups is 1. The van der Waals surface area contributed by atoms with Gasteiger partial charge in [0.1, 0.15) is 6.10 Å². The smallest absolute Gasteiger partial charge is 0.165 e. The Labute approximate surface area is 112 Å². The molecule has 0 saturated carbocycles. The highest BCUT2D eigenvalue weighted by molar-refractivity contribution is 6.42. The molecule has 0 aliphatic carbocycles. The van der Waals surface area contributed by atoms with Gasteiger partial charge >= 0.3 is 0 Å². The quantitative estimate of drug-likeness (QED) is 0.767. The Morgan fingerprint density at radius 2 is 2.06 bits per heavy atom. The summed E-state index contributed by atoms with van der Waals surface area (Å²) in [5.74, 6) is 0.0163. The maximum Gasteiger partial charge on any atom is 0.165 e. The second kappa shape index (κ2) is 7.00. The number of rotatable bonds is 6. The van der Waals surface area contributed by atoms with E-state index in [9.17, 15) is 4.79 Å². The number of ether oxygens (including phenoxy) is 1. The summed E-state index contributed by atoms with van der Waals surface area (Å²) in [4.78, 5) is 11.9. The summed E-state index contributed by atoms with van der Waals surface area (Å²) in [5, 5.41) is 0.843. The fourth-order valence-corrected chi connectivity index (χ4v) is 1.91. The third-order valence-electron chi connectivity index (χ3n) is 2.39. The van der Waals surface area contributed by atoms with Crippen LogP contribution >= 0.6 is 23.2 Å². The van der Waals surface area contributed by atoms with Crippen molar-refractivity contribution < 1.29 is 9.53 Å². The molecule has 0 amide bonds. The molecule has 0 heterocycles. The molecule has 1 aromatic rings. The molecule has 0 spiro atoms. The summed E-state index contributed by atoms with van der Waals surface area (Å²) in [6, 6.07) is 5.25. The van der Waals surface area contributed by atoms with Crippen LogP contribution in [0.5, 0.6) is 0 Å². The van der Waals surface area contributed by atoms with Crippen LogP contribution in [0.3, 0.4) is 0 Å². The summed E-state index contributed by atoms with van der Waals surface area (Å²) in [6.07, 6.45) is 0.661. The van der Waals surface area contributed by atoms with E-state index < -0.39 is 6.10 Å². The van der Waals surface area contributed by atoms with E-state index in [0.29, 0.717) is 28.6 Å². The summed E-state index contributed by atoms with van der Waals surface area (Å²) in [7, 11) is 0. The van der Waals surface area contributed by atoms with Crippen LogP contribution < -0.4 is 0 Å². The van der Waals surface area contributed by atoms with Crippen LogP contribution in [0.4, 0.5) is 0 Å². The molecular formula is C13H16Cl2O2. The molecule has 0 aromatic heterocycles. The van der Waals surface area contributed by atoms with Crippen molar-refractivity contribution in [3.8, 4) is 0 Å². The number of hydrogen-bond acceptors (Lipinski definition) is 2. The molecule has 0 N–H and O–H groups in total. The van der Waals surface area contributed by atoms with Gasteiger partial charge in [-0.1, -0.05) is 49.2 Å². The average molecular weight is 275 g/mol. The van der Waals surface area contributed by atoms with Crippen molar-refractivity contribution in [2.75, 3.05) is 6.61 Å². The molecule has 1 aromatic carbocycles. The van der Waals surface area contributed by atoms with Gasteiger partial charge in [-0.3, -0.25) is 4.79 Å². The topological polar surface area (TPSA) is 26.3 Å². The monoisotopic (exact) mass is 274 g/mol. The molecular weight excluding hydrogens is 259 g/mol. The van der Waals surface area contributed by atoms with Gasteiger partial charge in [-0.05, 0) is 12.5 Å². The van der Waals surface area contributed by atoms with Gasteiger partial charge in [0.15, 0.2) is 5.78 Å². The lowest BCUT2D eigenvalue weighted by molar-refractivity contribution is -0.130. The van der Waals surface area contributed by atoms with E-state index in [4.69, 9.17) is 27.9 Å². The number of benzene rings is 1. The first-order chi connectivity index (χ1) is 8.11. The van der Waals surface area contributed by atoms with Gasteiger partial charge in [0.05, 0.1) is 10.0 Å². The molecule has 0 radical (unpaired) electrons. The molecule has 4 heteroatoms. The van der Waals surface area contributed by atoms with Gasteiger partial charge in [-0.15, -0.1) is 0 Å². The van der Waals surface area contributed by atoms with Gasteiger partial charge in [-0.2, -0.15) is 0 Å². The SMILES string of the molecule is CCCOC(C(=O)CC)c1cccc(Cl)c1Cl. The Balaban J connectivity index is 3.03. The maximum absolute atomic E-state index is 11.9. The molecule has 1 atom stereocenters. The maximum atomic E-state index is 11.9. The van der Waals surface area contributed by atoms with Crippen LogP contribution in [0.15, 0.2) is 18.2 Å². The van der Waals surface area contributed by atoms with E-state index in [1.807, 2.05) is 13.8 Å². The van der Waals surface area contributed by atoms with Crippen LogP contribution in [0.25, 0.3) is 0 Å². The summed E-state index contributed by atoms with van der Waals surface area (Å²) in [6.45, 7) is 4.33. The number of halogens is 2. The van der Waals surface area contributed by atoms with Crippen LogP contribution in [-0.4, -0.2) is 12.4 Å². The molecule has 0 fully saturated rings. The molecule has 0 aliphatic heterocycles. The number of carbonyl (C=O) groups excluding carboxylic acids is 1. The fraction of sp³-hybridized carbons (Fsp3) is 0.462. The molecule has 0 bridgehead atoms. The van der Waals surface area contributed by atoms with Gasteiger partial charge in [0, 0.05) is 18.6 Å². The van der Waals surface area contributed by atoms with Crippen molar-refractivity contribution in [2.45, 2.75) is 32.8 Å². The van der Waals surface area contributed by atoms with Gasteiger partial charge < -0.3 is 4.74 Å². The van der Waals surface area contributed by atoms with E-state index >= 15 is 0 Å². The first-order valence-corrected chi connectivity index (χ1v) is 6.45. The van der Waals surface area contributed by atoms with Crippen LogP contribution in [0.1, 0.15) is 38.4 Å². The Morgan fingerprint density at radius 1 is 1.35 bits per heavy atom. The Hall–Kier alpha value is -0.570. The van der Waals surface area contributed by atoms with E-state index in [1.165, 1.54) is 0 Å². The van der Waals surface area contributed by atoms with Crippen molar-refractivity contribution in [1.29, 1.82) is 0 Å². The highest BCUT2D eigenvalue weighted by atomic mass is 35.5. The highest BCUT2D eigenvalue weighted by Crippen LogP contribution is 2.32. The zero-order valence-corrected chi connectivity index (χ0v) is 11.5. The van der Waals surface area contributed by atoms with Crippen LogP contribution in [0, 0.1) is 0 Å². The molecule has 1 unspecified atom stereocenters. The van der Waals surface area contributed by atoms with Crippen molar-refractivity contribution >= 4 is 29.0 Å². The minimum atomic E-state index is -0.605.